The molecule has 0 amide bonds. The number of nitrogens with one attached hydrogen (secondary N) is 1. The minimum absolute atomic E-state index is 0.0424. The van der Waals surface area contributed by atoms with Gasteiger partial charge in [0.25, 0.3) is 0 Å². The van der Waals surface area contributed by atoms with Gasteiger partial charge in [-0.15, -0.1) is 11.8 Å². The van der Waals surface area contributed by atoms with Crippen LogP contribution in [-0.2, 0) is 0 Å². The first-order chi connectivity index (χ1) is 12.4. The normalized spacial score (nSPS) is 19.7. The first-order valence-corrected chi connectivity index (χ1v) is 10.3. The third-order valence-electron chi connectivity index (χ3n) is 5.06. The van der Waals surface area contributed by atoms with E-state index in [1.165, 1.54) is 38.4 Å². The predicted molar refractivity (Wildman–Crippen MR) is 113 cm³/mol. The van der Waals surface area contributed by atoms with Gasteiger partial charge in [-0.2, -0.15) is 0 Å². The Balaban J connectivity index is 2.04. The SMILES string of the molecule is CC=CC1Oc2cccc(SC)c2-c2ccc3c(c21)C(C)=CC(C)(C)N3. The van der Waals surface area contributed by atoms with Gasteiger partial charge in [0.05, 0.1) is 5.54 Å². The molecule has 0 bridgehead atoms. The van der Waals surface area contributed by atoms with Crippen LogP contribution in [0, 0.1) is 0 Å². The summed E-state index contributed by atoms with van der Waals surface area (Å²) < 4.78 is 6.45. The first-order valence-electron chi connectivity index (χ1n) is 9.07. The lowest BCUT2D eigenvalue weighted by atomic mass is 9.82. The van der Waals surface area contributed by atoms with E-state index in [2.05, 4.69) is 87.8 Å². The van der Waals surface area contributed by atoms with Gasteiger partial charge in [-0.1, -0.05) is 24.3 Å². The Morgan fingerprint density at radius 2 is 1.96 bits per heavy atom. The lowest BCUT2D eigenvalue weighted by Crippen LogP contribution is -2.32. The molecule has 0 saturated heterocycles. The summed E-state index contributed by atoms with van der Waals surface area (Å²) in [6, 6.07) is 10.8. The third kappa shape index (κ3) is 2.66. The van der Waals surface area contributed by atoms with E-state index in [1.54, 1.807) is 11.8 Å². The Kier molecular flexibility index (Phi) is 4.15. The number of anilines is 1. The zero-order valence-corrected chi connectivity index (χ0v) is 16.8. The maximum atomic E-state index is 6.45. The smallest absolute Gasteiger partial charge is 0.143 e. The van der Waals surface area contributed by atoms with E-state index in [0.717, 1.165) is 5.75 Å². The number of hydrogen-bond acceptors (Lipinski definition) is 3. The molecule has 0 aromatic heterocycles. The molecule has 0 aliphatic carbocycles. The number of benzene rings is 2. The van der Waals surface area contributed by atoms with Crippen LogP contribution in [0.25, 0.3) is 16.7 Å². The Morgan fingerprint density at radius 1 is 1.15 bits per heavy atom. The lowest BCUT2D eigenvalue weighted by Gasteiger charge is -2.36. The van der Waals surface area contributed by atoms with Crippen molar-refractivity contribution in [3.8, 4) is 16.9 Å². The van der Waals surface area contributed by atoms with E-state index < -0.39 is 0 Å². The maximum absolute atomic E-state index is 6.45. The number of rotatable bonds is 2. The van der Waals surface area contributed by atoms with Gasteiger partial charge in [0.15, 0.2) is 0 Å². The van der Waals surface area contributed by atoms with Crippen molar-refractivity contribution in [2.45, 2.75) is 44.2 Å². The predicted octanol–water partition coefficient (Wildman–Crippen LogP) is 6.69. The summed E-state index contributed by atoms with van der Waals surface area (Å²) in [5.41, 5.74) is 7.52. The molecule has 26 heavy (non-hydrogen) atoms. The molecule has 134 valence electrons. The van der Waals surface area contributed by atoms with Crippen molar-refractivity contribution in [1.82, 2.24) is 0 Å². The standard InChI is InChI=1S/C23H25NOS/c1-6-8-17-22-15(21-18(25-17)9-7-10-19(21)26-5)11-12-16-20(22)14(2)13-23(3,4)24-16/h6-13,17,24H,1-5H3. The minimum atomic E-state index is -0.0686. The molecular weight excluding hydrogens is 338 g/mol. The van der Waals surface area contributed by atoms with E-state index in [-0.39, 0.29) is 11.6 Å². The monoisotopic (exact) mass is 363 g/mol. The lowest BCUT2D eigenvalue weighted by molar-refractivity contribution is 0.250. The molecule has 2 aliphatic heterocycles. The Hall–Kier alpha value is -2.13. The Bertz CT molecular complexity index is 939. The summed E-state index contributed by atoms with van der Waals surface area (Å²) >= 11 is 1.77. The van der Waals surface area contributed by atoms with Crippen LogP contribution in [0.5, 0.6) is 5.75 Å². The van der Waals surface area contributed by atoms with Gasteiger partial charge in [-0.05, 0) is 69.4 Å². The van der Waals surface area contributed by atoms with Gasteiger partial charge >= 0.3 is 0 Å². The van der Waals surface area contributed by atoms with Crippen LogP contribution < -0.4 is 10.1 Å². The van der Waals surface area contributed by atoms with Crippen LogP contribution >= 0.6 is 11.8 Å². The minimum Gasteiger partial charge on any atom is -0.481 e. The first kappa shape index (κ1) is 17.3. The quantitative estimate of drug-likeness (QED) is 0.474. The second-order valence-corrected chi connectivity index (χ2v) is 8.37. The highest BCUT2D eigenvalue weighted by Crippen LogP contribution is 2.51. The summed E-state index contributed by atoms with van der Waals surface area (Å²) in [7, 11) is 0. The molecule has 2 nitrogen and oxygen atoms in total. The van der Waals surface area contributed by atoms with Crippen LogP contribution in [0.15, 0.2) is 53.5 Å². The highest BCUT2D eigenvalue weighted by molar-refractivity contribution is 7.98. The number of ether oxygens (including phenoxy) is 1. The van der Waals surface area contributed by atoms with Crippen LogP contribution in [-0.4, -0.2) is 11.8 Å². The molecule has 3 heteroatoms. The molecule has 1 N–H and O–H groups in total. The van der Waals surface area contributed by atoms with Crippen molar-refractivity contribution in [3.63, 3.8) is 0 Å². The summed E-state index contributed by atoms with van der Waals surface area (Å²) in [5, 5.41) is 3.67. The van der Waals surface area contributed by atoms with Gasteiger partial charge < -0.3 is 10.1 Å². The maximum Gasteiger partial charge on any atom is 0.143 e. The second-order valence-electron chi connectivity index (χ2n) is 7.52. The number of fused-ring (bicyclic) bond motifs is 5. The zero-order chi connectivity index (χ0) is 18.5. The zero-order valence-electron chi connectivity index (χ0n) is 16.0. The molecule has 2 aromatic rings. The Morgan fingerprint density at radius 3 is 2.69 bits per heavy atom. The molecule has 0 radical (unpaired) electrons. The fraction of sp³-hybridized carbons (Fsp3) is 0.304. The van der Waals surface area contributed by atoms with Crippen LogP contribution in [0.4, 0.5) is 5.69 Å². The average molecular weight is 364 g/mol. The second kappa shape index (κ2) is 6.24. The average Bonchev–Trinajstić information content (AvgIpc) is 2.59. The molecule has 1 atom stereocenters. The molecule has 0 spiro atoms. The van der Waals surface area contributed by atoms with Crippen molar-refractivity contribution >= 4 is 23.0 Å². The van der Waals surface area contributed by atoms with Crippen LogP contribution in [0.3, 0.4) is 0 Å². The van der Waals surface area contributed by atoms with E-state index in [9.17, 15) is 0 Å². The molecule has 2 heterocycles. The van der Waals surface area contributed by atoms with E-state index in [0.29, 0.717) is 0 Å². The summed E-state index contributed by atoms with van der Waals surface area (Å²) in [6.07, 6.45) is 8.61. The highest BCUT2D eigenvalue weighted by Gasteiger charge is 2.33. The highest BCUT2D eigenvalue weighted by atomic mass is 32.2. The van der Waals surface area contributed by atoms with Gasteiger partial charge in [-0.25, -0.2) is 0 Å². The van der Waals surface area contributed by atoms with Crippen molar-refractivity contribution in [1.29, 1.82) is 0 Å². The molecule has 1 unspecified atom stereocenters. The fourth-order valence-electron chi connectivity index (χ4n) is 4.21. The van der Waals surface area contributed by atoms with Gasteiger partial charge in [-0.3, -0.25) is 0 Å². The van der Waals surface area contributed by atoms with Crippen molar-refractivity contribution in [2.24, 2.45) is 0 Å². The van der Waals surface area contributed by atoms with E-state index >= 15 is 0 Å². The number of allylic oxidation sites excluding steroid dienone is 2. The fourth-order valence-corrected chi connectivity index (χ4v) is 4.84. The van der Waals surface area contributed by atoms with Gasteiger partial charge in [0.1, 0.15) is 11.9 Å². The van der Waals surface area contributed by atoms with E-state index in [1.807, 2.05) is 0 Å². The molecule has 2 aliphatic rings. The number of hydrogen-bond donors (Lipinski definition) is 1. The third-order valence-corrected chi connectivity index (χ3v) is 5.84. The Labute approximate surface area is 160 Å². The van der Waals surface area contributed by atoms with Crippen molar-refractivity contribution in [2.75, 3.05) is 11.6 Å². The van der Waals surface area contributed by atoms with Crippen molar-refractivity contribution < 1.29 is 4.74 Å². The van der Waals surface area contributed by atoms with Crippen LogP contribution in [0.1, 0.15) is 44.9 Å². The van der Waals surface area contributed by atoms with E-state index in [4.69, 9.17) is 4.74 Å². The molecule has 0 saturated carbocycles. The topological polar surface area (TPSA) is 21.3 Å². The van der Waals surface area contributed by atoms with Crippen molar-refractivity contribution in [3.05, 3.63) is 59.7 Å². The van der Waals surface area contributed by atoms with Crippen LogP contribution in [0.2, 0.25) is 0 Å². The largest absolute Gasteiger partial charge is 0.481 e. The van der Waals surface area contributed by atoms with Gasteiger partial charge in [0.2, 0.25) is 0 Å². The summed E-state index contributed by atoms with van der Waals surface area (Å²) in [6.45, 7) is 8.68. The summed E-state index contributed by atoms with van der Waals surface area (Å²) in [4.78, 5) is 1.26. The summed E-state index contributed by atoms with van der Waals surface area (Å²) in [5.74, 6) is 0.970. The molecule has 4 rings (SSSR count). The molecule has 0 fully saturated rings. The number of thioether (sulfide) groups is 1. The van der Waals surface area contributed by atoms with Gasteiger partial charge in [0, 0.05) is 27.3 Å². The molecular formula is C23H25NOS. The molecule has 2 aromatic carbocycles.